The van der Waals surface area contributed by atoms with Crippen LogP contribution in [0.15, 0.2) is 93.2 Å². The van der Waals surface area contributed by atoms with Gasteiger partial charge in [0.15, 0.2) is 0 Å². The molecule has 0 fully saturated rings. The molecule has 2 aromatic carbocycles. The number of para-hydroxylation sites is 1. The van der Waals surface area contributed by atoms with E-state index in [1.54, 1.807) is 26.0 Å². The molecule has 3 N–H and O–H groups in total. The number of nitrogens with zero attached hydrogens (tertiary/aromatic N) is 1. The molecule has 13 heteroatoms. The van der Waals surface area contributed by atoms with E-state index in [4.69, 9.17) is 9.15 Å². The number of esters is 1. The van der Waals surface area contributed by atoms with Gasteiger partial charge in [-0.3, -0.25) is 9.59 Å². The minimum absolute atomic E-state index is 0.0804. The largest absolute Gasteiger partial charge is 0.468 e. The van der Waals surface area contributed by atoms with Gasteiger partial charge in [-0.2, -0.15) is 18.4 Å². The summed E-state index contributed by atoms with van der Waals surface area (Å²) in [5, 5.41) is 18.4. The quantitative estimate of drug-likeness (QED) is 0.245. The number of benzene rings is 2. The Morgan fingerprint density at radius 2 is 1.79 bits per heavy atom. The first-order valence-corrected chi connectivity index (χ1v) is 13.8. The second kappa shape index (κ2) is 13.3. The molecule has 2 heterocycles. The fraction of sp³-hybridized carbons (Fsp3) is 0.200. The van der Waals surface area contributed by atoms with Crippen molar-refractivity contribution in [3.8, 4) is 6.07 Å². The molecule has 0 saturated carbocycles. The number of nitriles is 1. The molecular formula is C30H25F3N4O5S. The summed E-state index contributed by atoms with van der Waals surface area (Å²) >= 11 is 0.903. The van der Waals surface area contributed by atoms with Crippen LogP contribution in [-0.4, -0.2) is 30.1 Å². The zero-order valence-electron chi connectivity index (χ0n) is 22.9. The van der Waals surface area contributed by atoms with Crippen LogP contribution in [0, 0.1) is 11.3 Å². The Kier molecular flexibility index (Phi) is 9.62. The highest BCUT2D eigenvalue weighted by atomic mass is 32.2. The molecule has 4 rings (SSSR count). The first-order valence-electron chi connectivity index (χ1n) is 12.9. The van der Waals surface area contributed by atoms with Crippen LogP contribution < -0.4 is 16.0 Å². The molecule has 222 valence electrons. The van der Waals surface area contributed by atoms with Gasteiger partial charge in [0, 0.05) is 11.4 Å². The highest BCUT2D eigenvalue weighted by molar-refractivity contribution is 8.03. The molecule has 1 aliphatic rings. The number of amides is 2. The summed E-state index contributed by atoms with van der Waals surface area (Å²) in [5.41, 5.74) is -0.0492. The van der Waals surface area contributed by atoms with E-state index in [9.17, 15) is 32.8 Å². The maximum Gasteiger partial charge on any atom is 0.418 e. The molecule has 1 atom stereocenters. The summed E-state index contributed by atoms with van der Waals surface area (Å²) in [5.74, 6) is -2.75. The number of thioether (sulfide) groups is 1. The number of carbonyl (C=O) groups is 3. The lowest BCUT2D eigenvalue weighted by atomic mass is 9.85. The second-order valence-corrected chi connectivity index (χ2v) is 10.1. The van der Waals surface area contributed by atoms with Crippen molar-refractivity contribution in [2.24, 2.45) is 0 Å². The van der Waals surface area contributed by atoms with Crippen LogP contribution >= 0.6 is 11.8 Å². The smallest absolute Gasteiger partial charge is 0.418 e. The molecule has 3 aromatic rings. The van der Waals surface area contributed by atoms with E-state index in [2.05, 4.69) is 22.0 Å². The summed E-state index contributed by atoms with van der Waals surface area (Å²) in [4.78, 5) is 38.1. The lowest BCUT2D eigenvalue weighted by Crippen LogP contribution is -2.31. The molecule has 1 aliphatic heterocycles. The highest BCUT2D eigenvalue weighted by Gasteiger charge is 2.37. The molecule has 1 aromatic heterocycles. The number of furan rings is 1. The second-order valence-electron chi connectivity index (χ2n) is 9.10. The third-order valence-corrected chi connectivity index (χ3v) is 7.25. The van der Waals surface area contributed by atoms with E-state index in [0.29, 0.717) is 22.7 Å². The van der Waals surface area contributed by atoms with E-state index in [1.165, 1.54) is 42.7 Å². The number of anilines is 2. The summed E-state index contributed by atoms with van der Waals surface area (Å²) in [6, 6.07) is 16.0. The fourth-order valence-electron chi connectivity index (χ4n) is 4.33. The van der Waals surface area contributed by atoms with Gasteiger partial charge in [0.25, 0.3) is 5.91 Å². The summed E-state index contributed by atoms with van der Waals surface area (Å²) in [7, 11) is 0. The first kappa shape index (κ1) is 31.0. The first-order chi connectivity index (χ1) is 20.5. The van der Waals surface area contributed by atoms with Crippen molar-refractivity contribution >= 4 is 40.9 Å². The van der Waals surface area contributed by atoms with Gasteiger partial charge in [-0.1, -0.05) is 23.9 Å². The fourth-order valence-corrected chi connectivity index (χ4v) is 5.23. The minimum atomic E-state index is -4.66. The lowest BCUT2D eigenvalue weighted by molar-refractivity contribution is -0.137. The number of carbonyl (C=O) groups excluding carboxylic acids is 3. The number of dihydropyridines is 1. The summed E-state index contributed by atoms with van der Waals surface area (Å²) < 4.78 is 50.6. The lowest BCUT2D eigenvalue weighted by Gasteiger charge is -2.28. The van der Waals surface area contributed by atoms with E-state index >= 15 is 0 Å². The van der Waals surface area contributed by atoms with Crippen LogP contribution in [0.4, 0.5) is 24.5 Å². The van der Waals surface area contributed by atoms with Crippen LogP contribution in [0.1, 0.15) is 41.4 Å². The van der Waals surface area contributed by atoms with E-state index in [-0.39, 0.29) is 34.2 Å². The van der Waals surface area contributed by atoms with Crippen molar-refractivity contribution < 1.29 is 36.7 Å². The summed E-state index contributed by atoms with van der Waals surface area (Å²) in [6.07, 6.45) is -3.26. The van der Waals surface area contributed by atoms with Crippen molar-refractivity contribution in [1.29, 1.82) is 5.26 Å². The Labute approximate surface area is 248 Å². The normalized spacial score (nSPS) is 14.9. The predicted molar refractivity (Wildman–Crippen MR) is 153 cm³/mol. The van der Waals surface area contributed by atoms with Gasteiger partial charge in [0.2, 0.25) is 5.91 Å². The maximum atomic E-state index is 13.5. The van der Waals surface area contributed by atoms with Gasteiger partial charge in [-0.05, 0) is 62.4 Å². The van der Waals surface area contributed by atoms with E-state index in [1.807, 2.05) is 0 Å². The van der Waals surface area contributed by atoms with Crippen LogP contribution in [0.3, 0.4) is 0 Å². The van der Waals surface area contributed by atoms with Crippen molar-refractivity contribution in [3.63, 3.8) is 0 Å². The topological polar surface area (TPSA) is 133 Å². The van der Waals surface area contributed by atoms with Crippen molar-refractivity contribution in [2.45, 2.75) is 25.9 Å². The van der Waals surface area contributed by atoms with Crippen molar-refractivity contribution in [2.75, 3.05) is 23.0 Å². The molecule has 0 radical (unpaired) electrons. The van der Waals surface area contributed by atoms with Gasteiger partial charge in [0.05, 0.1) is 63.6 Å². The number of allylic oxidation sites excluding steroid dienone is 2. The van der Waals surface area contributed by atoms with E-state index in [0.717, 1.165) is 23.9 Å². The maximum absolute atomic E-state index is 13.5. The standard InChI is InChI=1S/C30H25F3N4O5S/c1-3-41-29(40)18-10-12-19(13-11-18)36-27(39)25-17(2)35-28(20(15-34)26(25)23-9-6-14-42-23)43-16-24(38)37-22-8-5-4-7-21(22)30(31,32)33/h4-14,26,35H,3,16H2,1-2H3,(H,36,39)(H,37,38). The monoisotopic (exact) mass is 610 g/mol. The Bertz CT molecular complexity index is 1620. The van der Waals surface area contributed by atoms with Crippen molar-refractivity contribution in [1.82, 2.24) is 5.32 Å². The average Bonchev–Trinajstić information content (AvgIpc) is 3.50. The van der Waals surface area contributed by atoms with Gasteiger partial charge < -0.3 is 25.1 Å². The van der Waals surface area contributed by atoms with Crippen LogP contribution in [0.2, 0.25) is 0 Å². The number of halogens is 3. The molecule has 43 heavy (non-hydrogen) atoms. The van der Waals surface area contributed by atoms with Crippen LogP contribution in [0.25, 0.3) is 0 Å². The molecule has 0 spiro atoms. The van der Waals surface area contributed by atoms with E-state index < -0.39 is 35.4 Å². The third kappa shape index (κ3) is 7.28. The number of alkyl halides is 3. The minimum Gasteiger partial charge on any atom is -0.468 e. The van der Waals surface area contributed by atoms with Gasteiger partial charge in [-0.25, -0.2) is 4.79 Å². The Morgan fingerprint density at radius 1 is 1.07 bits per heavy atom. The van der Waals surface area contributed by atoms with Gasteiger partial charge in [-0.15, -0.1) is 0 Å². The number of ether oxygens (including phenoxy) is 1. The Hall–Kier alpha value is -4.96. The number of hydrogen-bond donors (Lipinski definition) is 3. The third-order valence-electron chi connectivity index (χ3n) is 6.23. The molecule has 1 unspecified atom stereocenters. The Balaban J connectivity index is 1.55. The number of nitrogens with one attached hydrogen (secondary N) is 3. The predicted octanol–water partition coefficient (Wildman–Crippen LogP) is 6.18. The highest BCUT2D eigenvalue weighted by Crippen LogP contribution is 2.41. The molecule has 0 bridgehead atoms. The Morgan fingerprint density at radius 3 is 2.42 bits per heavy atom. The van der Waals surface area contributed by atoms with Gasteiger partial charge in [0.1, 0.15) is 5.76 Å². The zero-order valence-corrected chi connectivity index (χ0v) is 23.7. The zero-order chi connectivity index (χ0) is 31.1. The van der Waals surface area contributed by atoms with Crippen LogP contribution in [0.5, 0.6) is 0 Å². The van der Waals surface area contributed by atoms with Gasteiger partial charge >= 0.3 is 12.1 Å². The van der Waals surface area contributed by atoms with Crippen molar-refractivity contribution in [3.05, 3.63) is 106 Å². The SMILES string of the molecule is CCOC(=O)c1ccc(NC(=O)C2=C(C)NC(SCC(=O)Nc3ccccc3C(F)(F)F)=C(C#N)C2c2ccco2)cc1. The average molecular weight is 611 g/mol. The molecular weight excluding hydrogens is 585 g/mol. The summed E-state index contributed by atoms with van der Waals surface area (Å²) in [6.45, 7) is 3.53. The van der Waals surface area contributed by atoms with Crippen LogP contribution in [-0.2, 0) is 20.5 Å². The molecule has 0 saturated heterocycles. The number of rotatable bonds is 9. The number of hydrogen-bond acceptors (Lipinski definition) is 8. The molecule has 0 aliphatic carbocycles. The molecule has 9 nitrogen and oxygen atoms in total. The molecule has 2 amide bonds.